The molecule has 0 aromatic heterocycles. The lowest BCUT2D eigenvalue weighted by Gasteiger charge is -2.26. The van der Waals surface area contributed by atoms with Crippen LogP contribution in [0.25, 0.3) is 0 Å². The van der Waals surface area contributed by atoms with Gasteiger partial charge >= 0.3 is 5.97 Å². The molecular weight excluding hydrogens is 530 g/mol. The van der Waals surface area contributed by atoms with Crippen LogP contribution >= 0.6 is 0 Å². The first-order chi connectivity index (χ1) is 19.3. The van der Waals surface area contributed by atoms with Crippen LogP contribution in [0.15, 0.2) is 54.6 Å². The number of aliphatic carboxylic acids is 1. The molecule has 0 fully saturated rings. The van der Waals surface area contributed by atoms with E-state index in [0.29, 0.717) is 5.56 Å². The van der Waals surface area contributed by atoms with Gasteiger partial charge in [0.05, 0.1) is 6.04 Å². The third kappa shape index (κ3) is 11.7. The third-order valence-corrected chi connectivity index (χ3v) is 6.28. The van der Waals surface area contributed by atoms with Crippen LogP contribution in [0, 0.1) is 5.92 Å². The van der Waals surface area contributed by atoms with Crippen LogP contribution in [-0.4, -0.2) is 64.0 Å². The number of benzene rings is 2. The van der Waals surface area contributed by atoms with Crippen molar-refractivity contribution in [2.75, 3.05) is 0 Å². The maximum Gasteiger partial charge on any atom is 0.326 e. The zero-order valence-electron chi connectivity index (χ0n) is 23.2. The highest BCUT2D eigenvalue weighted by atomic mass is 16.4. The quantitative estimate of drug-likeness (QED) is 0.149. The summed E-state index contributed by atoms with van der Waals surface area (Å²) in [6, 6.07) is 10.2. The van der Waals surface area contributed by atoms with Crippen LogP contribution < -0.4 is 27.4 Å². The minimum Gasteiger partial charge on any atom is -0.508 e. The number of phenolic OH excluding ortho intramolecular Hbond substituents is 1. The van der Waals surface area contributed by atoms with Crippen molar-refractivity contribution in [3.63, 3.8) is 0 Å². The first-order valence-electron chi connectivity index (χ1n) is 13.3. The summed E-state index contributed by atoms with van der Waals surface area (Å²) in [7, 11) is 0. The summed E-state index contributed by atoms with van der Waals surface area (Å²) in [6.45, 7) is 3.71. The largest absolute Gasteiger partial charge is 0.508 e. The second kappa shape index (κ2) is 16.0. The number of rotatable bonds is 16. The first kappa shape index (κ1) is 32.8. The molecule has 0 spiro atoms. The number of hydrogen-bond donors (Lipinski definition) is 7. The normalized spacial score (nSPS) is 13.9. The fourth-order valence-corrected chi connectivity index (χ4v) is 4.08. The summed E-state index contributed by atoms with van der Waals surface area (Å²) in [6.07, 6.45) is 0.156. The van der Waals surface area contributed by atoms with Crippen LogP contribution in [0.1, 0.15) is 44.2 Å². The third-order valence-electron chi connectivity index (χ3n) is 6.28. The Morgan fingerprint density at radius 2 is 1.27 bits per heavy atom. The molecule has 0 radical (unpaired) electrons. The van der Waals surface area contributed by atoms with Crippen molar-refractivity contribution in [2.24, 2.45) is 17.4 Å². The molecule has 0 saturated heterocycles. The summed E-state index contributed by atoms with van der Waals surface area (Å²) >= 11 is 0. The fourth-order valence-electron chi connectivity index (χ4n) is 4.08. The number of nitrogens with two attached hydrogens (primary N) is 2. The monoisotopic (exact) mass is 569 g/mol. The summed E-state index contributed by atoms with van der Waals surface area (Å²) in [5.74, 6) is -3.88. The molecule has 9 N–H and O–H groups in total. The van der Waals surface area contributed by atoms with E-state index in [4.69, 9.17) is 11.5 Å². The lowest BCUT2D eigenvalue weighted by atomic mass is 10.00. The SMILES string of the molecule is CC(C)CC(NC(=O)C(N)CCC(N)=O)C(=O)NC(Cc1ccccc1)C(=O)NC(Cc1ccc(O)cc1)C(=O)O. The number of amides is 4. The van der Waals surface area contributed by atoms with Gasteiger partial charge in [-0.1, -0.05) is 56.3 Å². The lowest BCUT2D eigenvalue weighted by Crippen LogP contribution is -2.58. The summed E-state index contributed by atoms with van der Waals surface area (Å²) < 4.78 is 0. The number of hydrogen-bond acceptors (Lipinski definition) is 7. The molecule has 4 atom stereocenters. The van der Waals surface area contributed by atoms with Gasteiger partial charge in [0.2, 0.25) is 23.6 Å². The number of carboxylic acid groups (broad SMARTS) is 1. The van der Waals surface area contributed by atoms with E-state index in [1.807, 2.05) is 13.8 Å². The molecule has 0 aliphatic heterocycles. The van der Waals surface area contributed by atoms with E-state index in [9.17, 15) is 34.2 Å². The smallest absolute Gasteiger partial charge is 0.326 e. The molecule has 2 aromatic carbocycles. The molecule has 2 rings (SSSR count). The Morgan fingerprint density at radius 3 is 1.83 bits per heavy atom. The van der Waals surface area contributed by atoms with Gasteiger partial charge in [-0.25, -0.2) is 4.79 Å². The molecule has 4 amide bonds. The van der Waals surface area contributed by atoms with Crippen LogP contribution in [-0.2, 0) is 36.8 Å². The number of carbonyl (C=O) groups excluding carboxylic acids is 4. The number of carboxylic acids is 1. The Bertz CT molecular complexity index is 1190. The Labute approximate surface area is 238 Å². The van der Waals surface area contributed by atoms with Gasteiger partial charge in [0.1, 0.15) is 23.9 Å². The lowest BCUT2D eigenvalue weighted by molar-refractivity contribution is -0.142. The van der Waals surface area contributed by atoms with Crippen molar-refractivity contribution in [3.8, 4) is 5.75 Å². The molecule has 12 heteroatoms. The van der Waals surface area contributed by atoms with Crippen molar-refractivity contribution in [2.45, 2.75) is 70.1 Å². The van der Waals surface area contributed by atoms with Crippen molar-refractivity contribution in [3.05, 3.63) is 65.7 Å². The van der Waals surface area contributed by atoms with Crippen LogP contribution in [0.3, 0.4) is 0 Å². The zero-order chi connectivity index (χ0) is 30.5. The molecule has 0 aliphatic carbocycles. The standard InChI is InChI=1S/C29H39N5O7/c1-17(2)14-22(32-26(37)21(30)12-13-25(31)36)27(38)33-23(15-18-6-4-3-5-7-18)28(39)34-24(29(40)41)16-19-8-10-20(35)11-9-19/h3-11,17,21-24,35H,12-16,30H2,1-2H3,(H2,31,36)(H,32,37)(H,33,38)(H,34,39)(H,40,41). The van der Waals surface area contributed by atoms with Crippen molar-refractivity contribution < 1.29 is 34.2 Å². The summed E-state index contributed by atoms with van der Waals surface area (Å²) in [4.78, 5) is 62.5. The van der Waals surface area contributed by atoms with E-state index < -0.39 is 53.8 Å². The average Bonchev–Trinajstić information content (AvgIpc) is 2.91. The molecule has 12 nitrogen and oxygen atoms in total. The van der Waals surface area contributed by atoms with Crippen molar-refractivity contribution in [1.82, 2.24) is 16.0 Å². The second-order valence-electron chi connectivity index (χ2n) is 10.3. The van der Waals surface area contributed by atoms with E-state index in [1.54, 1.807) is 42.5 Å². The number of nitrogens with one attached hydrogen (secondary N) is 3. The van der Waals surface area contributed by atoms with Gasteiger partial charge in [-0.05, 0) is 42.0 Å². The highest BCUT2D eigenvalue weighted by Crippen LogP contribution is 2.13. The molecule has 2 aromatic rings. The van der Waals surface area contributed by atoms with Crippen molar-refractivity contribution >= 4 is 29.6 Å². The van der Waals surface area contributed by atoms with Gasteiger partial charge < -0.3 is 37.6 Å². The van der Waals surface area contributed by atoms with E-state index in [2.05, 4.69) is 16.0 Å². The van der Waals surface area contributed by atoms with Gasteiger partial charge in [-0.3, -0.25) is 19.2 Å². The van der Waals surface area contributed by atoms with Crippen LogP contribution in [0.5, 0.6) is 5.75 Å². The van der Waals surface area contributed by atoms with E-state index in [0.717, 1.165) is 5.56 Å². The number of aromatic hydroxyl groups is 1. The van der Waals surface area contributed by atoms with Gasteiger partial charge in [0, 0.05) is 19.3 Å². The van der Waals surface area contributed by atoms with Gasteiger partial charge in [-0.2, -0.15) is 0 Å². The molecule has 0 saturated carbocycles. The van der Waals surface area contributed by atoms with E-state index in [-0.39, 0.29) is 43.8 Å². The number of carbonyl (C=O) groups is 5. The second-order valence-corrected chi connectivity index (χ2v) is 10.3. The van der Waals surface area contributed by atoms with Crippen LogP contribution in [0.2, 0.25) is 0 Å². The first-order valence-corrected chi connectivity index (χ1v) is 13.3. The molecule has 222 valence electrons. The van der Waals surface area contributed by atoms with E-state index in [1.165, 1.54) is 12.1 Å². The predicted molar refractivity (Wildman–Crippen MR) is 151 cm³/mol. The summed E-state index contributed by atoms with van der Waals surface area (Å²) in [5, 5.41) is 27.0. The molecule has 0 aliphatic rings. The van der Waals surface area contributed by atoms with Gasteiger partial charge in [0.25, 0.3) is 0 Å². The topological polar surface area (TPSA) is 214 Å². The minimum atomic E-state index is -1.31. The maximum atomic E-state index is 13.4. The minimum absolute atomic E-state index is 0.00777. The predicted octanol–water partition coefficient (Wildman–Crippen LogP) is 0.355. The fraction of sp³-hybridized carbons (Fsp3) is 0.414. The molecule has 4 unspecified atom stereocenters. The maximum absolute atomic E-state index is 13.4. The molecule has 41 heavy (non-hydrogen) atoms. The Kier molecular flexibility index (Phi) is 12.8. The Morgan fingerprint density at radius 1 is 0.756 bits per heavy atom. The summed E-state index contributed by atoms with van der Waals surface area (Å²) in [5.41, 5.74) is 12.3. The van der Waals surface area contributed by atoms with Gasteiger partial charge in [0.15, 0.2) is 0 Å². The molecule has 0 heterocycles. The number of phenols is 1. The molecular formula is C29H39N5O7. The zero-order valence-corrected chi connectivity index (χ0v) is 23.2. The molecule has 0 bridgehead atoms. The Hall–Kier alpha value is -4.45. The highest BCUT2D eigenvalue weighted by Gasteiger charge is 2.31. The van der Waals surface area contributed by atoms with E-state index >= 15 is 0 Å². The van der Waals surface area contributed by atoms with Crippen molar-refractivity contribution in [1.29, 1.82) is 0 Å². The van der Waals surface area contributed by atoms with Gasteiger partial charge in [-0.15, -0.1) is 0 Å². The Balaban J connectivity index is 2.23. The number of primary amides is 1. The van der Waals surface area contributed by atoms with Crippen LogP contribution in [0.4, 0.5) is 0 Å². The average molecular weight is 570 g/mol. The highest BCUT2D eigenvalue weighted by molar-refractivity contribution is 5.94.